The van der Waals surface area contributed by atoms with Crippen molar-refractivity contribution in [2.45, 2.75) is 0 Å². The summed E-state index contributed by atoms with van der Waals surface area (Å²) in [7, 11) is 0. The minimum atomic E-state index is -0.709. The predicted molar refractivity (Wildman–Crippen MR) is 78.3 cm³/mol. The highest BCUT2D eigenvalue weighted by molar-refractivity contribution is 6.30. The smallest absolute Gasteiger partial charge is 0.255 e. The lowest BCUT2D eigenvalue weighted by Crippen LogP contribution is -2.20. The molecule has 7 heteroatoms. The van der Waals surface area contributed by atoms with Crippen molar-refractivity contribution in [1.29, 1.82) is 0 Å². The van der Waals surface area contributed by atoms with E-state index in [1.54, 1.807) is 12.1 Å². The standard InChI is InChI=1S/C14H11ClFN3O2/c15-9-6-4-8(5-7-9)14(20)18-11-3-1-2-10(16)12(11)13(17)19-21/h1-7,21H,(H2,17,19)(H,18,20). The van der Waals surface area contributed by atoms with Crippen molar-refractivity contribution >= 4 is 29.0 Å². The number of halogens is 2. The molecule has 0 atom stereocenters. The second kappa shape index (κ2) is 6.23. The molecule has 2 aromatic rings. The summed E-state index contributed by atoms with van der Waals surface area (Å²) in [5.41, 5.74) is 5.69. The first kappa shape index (κ1) is 14.8. The number of oxime groups is 1. The molecule has 0 aliphatic carbocycles. The molecule has 0 spiro atoms. The van der Waals surface area contributed by atoms with Crippen molar-refractivity contribution in [3.05, 3.63) is 64.4 Å². The number of nitrogens with zero attached hydrogens (tertiary/aromatic N) is 1. The molecule has 2 rings (SSSR count). The molecule has 4 N–H and O–H groups in total. The SMILES string of the molecule is N/C(=N/O)c1c(F)cccc1NC(=O)c1ccc(Cl)cc1. The van der Waals surface area contributed by atoms with Crippen molar-refractivity contribution in [3.63, 3.8) is 0 Å². The fraction of sp³-hybridized carbons (Fsp3) is 0. The zero-order valence-electron chi connectivity index (χ0n) is 10.7. The van der Waals surface area contributed by atoms with Crippen LogP contribution in [0.1, 0.15) is 15.9 Å². The summed E-state index contributed by atoms with van der Waals surface area (Å²) in [4.78, 5) is 12.1. The van der Waals surface area contributed by atoms with Gasteiger partial charge < -0.3 is 16.3 Å². The molecule has 0 saturated heterocycles. The Kier molecular flexibility index (Phi) is 4.39. The van der Waals surface area contributed by atoms with E-state index >= 15 is 0 Å². The first-order valence-electron chi connectivity index (χ1n) is 5.86. The molecule has 0 aliphatic heterocycles. The van der Waals surface area contributed by atoms with E-state index in [1.165, 1.54) is 24.3 Å². The Morgan fingerprint density at radius 1 is 1.24 bits per heavy atom. The van der Waals surface area contributed by atoms with Crippen LogP contribution in [-0.2, 0) is 0 Å². The van der Waals surface area contributed by atoms with Crippen LogP contribution in [0.5, 0.6) is 0 Å². The number of nitrogens with two attached hydrogens (primary N) is 1. The number of hydrogen-bond acceptors (Lipinski definition) is 3. The highest BCUT2D eigenvalue weighted by Crippen LogP contribution is 2.20. The molecule has 0 heterocycles. The van der Waals surface area contributed by atoms with Gasteiger partial charge in [-0.1, -0.05) is 22.8 Å². The van der Waals surface area contributed by atoms with Crippen LogP contribution in [0, 0.1) is 5.82 Å². The summed E-state index contributed by atoms with van der Waals surface area (Å²) in [6, 6.07) is 10.2. The molecule has 108 valence electrons. The summed E-state index contributed by atoms with van der Waals surface area (Å²) in [5, 5.41) is 14.4. The van der Waals surface area contributed by atoms with Gasteiger partial charge in [0.25, 0.3) is 5.91 Å². The van der Waals surface area contributed by atoms with Gasteiger partial charge in [-0.25, -0.2) is 4.39 Å². The highest BCUT2D eigenvalue weighted by Gasteiger charge is 2.15. The zero-order chi connectivity index (χ0) is 15.4. The third-order valence-electron chi connectivity index (χ3n) is 2.73. The van der Waals surface area contributed by atoms with Gasteiger partial charge in [0.15, 0.2) is 5.84 Å². The number of amides is 1. The maximum Gasteiger partial charge on any atom is 0.255 e. The van der Waals surface area contributed by atoms with Crippen LogP contribution < -0.4 is 11.1 Å². The summed E-state index contributed by atoms with van der Waals surface area (Å²) < 4.78 is 13.8. The van der Waals surface area contributed by atoms with Crippen LogP contribution in [0.25, 0.3) is 0 Å². The van der Waals surface area contributed by atoms with Crippen molar-refractivity contribution in [3.8, 4) is 0 Å². The third kappa shape index (κ3) is 3.29. The average molecular weight is 308 g/mol. The lowest BCUT2D eigenvalue weighted by Gasteiger charge is -2.11. The van der Waals surface area contributed by atoms with Crippen molar-refractivity contribution < 1.29 is 14.4 Å². The normalized spacial score (nSPS) is 11.2. The van der Waals surface area contributed by atoms with Crippen LogP contribution in [0.4, 0.5) is 10.1 Å². The molecule has 0 unspecified atom stereocenters. The van der Waals surface area contributed by atoms with Gasteiger partial charge in [0, 0.05) is 10.6 Å². The minimum absolute atomic E-state index is 0.102. The van der Waals surface area contributed by atoms with Gasteiger partial charge in [0.2, 0.25) is 0 Å². The lowest BCUT2D eigenvalue weighted by molar-refractivity contribution is 0.102. The highest BCUT2D eigenvalue weighted by atomic mass is 35.5. The monoisotopic (exact) mass is 307 g/mol. The number of anilines is 1. The van der Waals surface area contributed by atoms with Crippen molar-refractivity contribution in [1.82, 2.24) is 0 Å². The Balaban J connectivity index is 2.33. The van der Waals surface area contributed by atoms with E-state index in [1.807, 2.05) is 0 Å². The average Bonchev–Trinajstić information content (AvgIpc) is 2.47. The van der Waals surface area contributed by atoms with E-state index in [9.17, 15) is 9.18 Å². The van der Waals surface area contributed by atoms with Gasteiger partial charge in [-0.15, -0.1) is 0 Å². The number of amidine groups is 1. The first-order chi connectivity index (χ1) is 10.0. The van der Waals surface area contributed by atoms with Crippen molar-refractivity contribution in [2.75, 3.05) is 5.32 Å². The predicted octanol–water partition coefficient (Wildman–Crippen LogP) is 2.83. The summed E-state index contributed by atoms with van der Waals surface area (Å²) in [6.45, 7) is 0. The van der Waals surface area contributed by atoms with Crippen LogP contribution in [0.3, 0.4) is 0 Å². The van der Waals surface area contributed by atoms with E-state index in [0.717, 1.165) is 6.07 Å². The molecule has 0 fully saturated rings. The van der Waals surface area contributed by atoms with E-state index in [4.69, 9.17) is 22.5 Å². The first-order valence-corrected chi connectivity index (χ1v) is 6.24. The Hall–Kier alpha value is -2.60. The fourth-order valence-corrected chi connectivity index (χ4v) is 1.86. The quantitative estimate of drug-likeness (QED) is 0.352. The van der Waals surface area contributed by atoms with Crippen LogP contribution >= 0.6 is 11.6 Å². The van der Waals surface area contributed by atoms with Gasteiger partial charge in [-0.3, -0.25) is 4.79 Å². The summed E-state index contributed by atoms with van der Waals surface area (Å²) in [6.07, 6.45) is 0. The number of benzene rings is 2. The fourth-order valence-electron chi connectivity index (χ4n) is 1.73. The molecule has 0 aromatic heterocycles. The Bertz CT molecular complexity index is 702. The summed E-state index contributed by atoms with van der Waals surface area (Å²) >= 11 is 5.74. The minimum Gasteiger partial charge on any atom is -0.409 e. The Morgan fingerprint density at radius 2 is 1.90 bits per heavy atom. The molecule has 0 bridgehead atoms. The molecule has 0 radical (unpaired) electrons. The summed E-state index contributed by atoms with van der Waals surface area (Å²) in [5.74, 6) is -1.61. The van der Waals surface area contributed by atoms with Crippen LogP contribution in [0.15, 0.2) is 47.6 Å². The number of hydrogen-bond donors (Lipinski definition) is 3. The Labute approximate surface area is 124 Å². The molecule has 2 aromatic carbocycles. The molecule has 0 aliphatic rings. The van der Waals surface area contributed by atoms with E-state index in [0.29, 0.717) is 10.6 Å². The number of rotatable bonds is 3. The van der Waals surface area contributed by atoms with Gasteiger partial charge in [-0.05, 0) is 36.4 Å². The molecule has 21 heavy (non-hydrogen) atoms. The molecule has 5 nitrogen and oxygen atoms in total. The molecular weight excluding hydrogens is 297 g/mol. The van der Waals surface area contributed by atoms with Crippen molar-refractivity contribution in [2.24, 2.45) is 10.9 Å². The topological polar surface area (TPSA) is 87.7 Å². The van der Waals surface area contributed by atoms with Gasteiger partial charge >= 0.3 is 0 Å². The van der Waals surface area contributed by atoms with E-state index < -0.39 is 17.6 Å². The van der Waals surface area contributed by atoms with Gasteiger partial charge in [0.05, 0.1) is 11.3 Å². The maximum absolute atomic E-state index is 13.8. The number of carbonyl (C=O) groups excluding carboxylic acids is 1. The maximum atomic E-state index is 13.8. The lowest BCUT2D eigenvalue weighted by atomic mass is 10.1. The zero-order valence-corrected chi connectivity index (χ0v) is 11.4. The van der Waals surface area contributed by atoms with Gasteiger partial charge in [0.1, 0.15) is 5.82 Å². The molecule has 0 saturated carbocycles. The molecule has 1 amide bonds. The third-order valence-corrected chi connectivity index (χ3v) is 2.98. The largest absolute Gasteiger partial charge is 0.409 e. The molecular formula is C14H11ClFN3O2. The van der Waals surface area contributed by atoms with Gasteiger partial charge in [-0.2, -0.15) is 0 Å². The van der Waals surface area contributed by atoms with Crippen LogP contribution in [0.2, 0.25) is 5.02 Å². The van der Waals surface area contributed by atoms with E-state index in [-0.39, 0.29) is 11.3 Å². The van der Waals surface area contributed by atoms with E-state index in [2.05, 4.69) is 10.5 Å². The second-order valence-corrected chi connectivity index (χ2v) is 4.55. The Morgan fingerprint density at radius 3 is 2.52 bits per heavy atom. The number of carbonyl (C=O) groups is 1. The number of nitrogens with one attached hydrogen (secondary N) is 1. The second-order valence-electron chi connectivity index (χ2n) is 4.11. The van der Waals surface area contributed by atoms with Crippen LogP contribution in [-0.4, -0.2) is 17.0 Å².